The van der Waals surface area contributed by atoms with E-state index in [4.69, 9.17) is 4.74 Å². The van der Waals surface area contributed by atoms with Gasteiger partial charge >= 0.3 is 0 Å². The number of hydrogen-bond donors (Lipinski definition) is 1. The maximum atomic E-state index is 12.9. The third kappa shape index (κ3) is 5.96. The summed E-state index contributed by atoms with van der Waals surface area (Å²) >= 11 is 1.29. The summed E-state index contributed by atoms with van der Waals surface area (Å²) in [7, 11) is 3.51. The molecule has 1 heterocycles. The first kappa shape index (κ1) is 22.5. The summed E-state index contributed by atoms with van der Waals surface area (Å²) in [4.78, 5) is 19.4. The number of aromatic nitrogens is 2. The Morgan fingerprint density at radius 3 is 2.30 bits per heavy atom. The molecule has 0 bridgehead atoms. The maximum absolute atomic E-state index is 12.9. The molecule has 7 heteroatoms. The lowest BCUT2D eigenvalue weighted by Crippen LogP contribution is -2.37. The molecule has 0 aliphatic carbocycles. The zero-order chi connectivity index (χ0) is 23.0. The Labute approximate surface area is 198 Å². The van der Waals surface area contributed by atoms with Gasteiger partial charge in [-0.05, 0) is 28.8 Å². The summed E-state index contributed by atoms with van der Waals surface area (Å²) in [5.74, 6) is 1.45. The van der Waals surface area contributed by atoms with Crippen molar-refractivity contribution in [1.29, 1.82) is 0 Å². The highest BCUT2D eigenvalue weighted by Gasteiger charge is 2.19. The Hall–Kier alpha value is -3.71. The van der Waals surface area contributed by atoms with E-state index in [1.54, 1.807) is 7.11 Å². The number of carbonyl (C=O) groups is 1. The molecule has 1 amide bonds. The third-order valence-corrected chi connectivity index (χ3v) is 6.10. The van der Waals surface area contributed by atoms with Gasteiger partial charge in [0.25, 0.3) is 0 Å². The Kier molecular flexibility index (Phi) is 7.32. The van der Waals surface area contributed by atoms with Crippen molar-refractivity contribution in [2.45, 2.75) is 12.5 Å². The summed E-state index contributed by atoms with van der Waals surface area (Å²) in [5.41, 5.74) is 3.15. The van der Waals surface area contributed by atoms with Gasteiger partial charge in [-0.1, -0.05) is 72.8 Å². The van der Waals surface area contributed by atoms with Crippen LogP contribution in [-0.2, 0) is 11.2 Å². The second kappa shape index (κ2) is 10.7. The third-order valence-electron chi connectivity index (χ3n) is 5.23. The Morgan fingerprint density at radius 1 is 1.00 bits per heavy atom. The SMILES string of the molecule is COc1cccc(Cc2nsc(N(C)CC(=O)NC(c3ccccc3)c3ccccc3)n2)c1. The Balaban J connectivity index is 1.41. The van der Waals surface area contributed by atoms with E-state index in [2.05, 4.69) is 14.7 Å². The van der Waals surface area contributed by atoms with E-state index in [-0.39, 0.29) is 18.5 Å². The van der Waals surface area contributed by atoms with E-state index >= 15 is 0 Å². The van der Waals surface area contributed by atoms with Gasteiger partial charge in [-0.25, -0.2) is 4.98 Å². The summed E-state index contributed by atoms with van der Waals surface area (Å²) in [6.07, 6.45) is 0.609. The van der Waals surface area contributed by atoms with Gasteiger partial charge in [-0.2, -0.15) is 4.37 Å². The fourth-order valence-electron chi connectivity index (χ4n) is 3.58. The maximum Gasteiger partial charge on any atom is 0.240 e. The van der Waals surface area contributed by atoms with Gasteiger partial charge in [0.2, 0.25) is 11.0 Å². The lowest BCUT2D eigenvalue weighted by molar-refractivity contribution is -0.120. The van der Waals surface area contributed by atoms with Crippen LogP contribution in [0.5, 0.6) is 5.75 Å². The predicted octanol–water partition coefficient (Wildman–Crippen LogP) is 4.48. The van der Waals surface area contributed by atoms with Crippen molar-refractivity contribution >= 4 is 22.6 Å². The van der Waals surface area contributed by atoms with Gasteiger partial charge < -0.3 is 15.0 Å². The molecule has 3 aromatic carbocycles. The number of hydrogen-bond acceptors (Lipinski definition) is 6. The minimum atomic E-state index is -0.216. The normalized spacial score (nSPS) is 10.8. The largest absolute Gasteiger partial charge is 0.497 e. The number of ether oxygens (including phenoxy) is 1. The highest BCUT2D eigenvalue weighted by Crippen LogP contribution is 2.23. The predicted molar refractivity (Wildman–Crippen MR) is 132 cm³/mol. The number of likely N-dealkylation sites (N-methyl/N-ethyl adjacent to an activating group) is 1. The Morgan fingerprint density at radius 2 is 1.67 bits per heavy atom. The minimum absolute atomic E-state index is 0.0836. The molecule has 1 aromatic heterocycles. The van der Waals surface area contributed by atoms with Crippen LogP contribution in [-0.4, -0.2) is 36.0 Å². The summed E-state index contributed by atoms with van der Waals surface area (Å²) in [6, 6.07) is 27.6. The standard InChI is InChI=1S/C26H26N4O2S/c1-30(26-27-23(29-33-26)17-19-10-9-15-22(16-19)32-2)18-24(31)28-25(20-11-5-3-6-12-20)21-13-7-4-8-14-21/h3-16,25H,17-18H2,1-2H3,(H,28,31). The van der Waals surface area contributed by atoms with Crippen LogP contribution in [0.2, 0.25) is 0 Å². The molecule has 0 saturated heterocycles. The molecule has 33 heavy (non-hydrogen) atoms. The molecular weight excluding hydrogens is 432 g/mol. The van der Waals surface area contributed by atoms with E-state index < -0.39 is 0 Å². The lowest BCUT2D eigenvalue weighted by Gasteiger charge is -2.22. The molecule has 6 nitrogen and oxygen atoms in total. The van der Waals surface area contributed by atoms with Crippen LogP contribution in [0.1, 0.15) is 28.6 Å². The molecule has 1 N–H and O–H groups in total. The van der Waals surface area contributed by atoms with Gasteiger partial charge in [0.1, 0.15) is 11.6 Å². The van der Waals surface area contributed by atoms with E-state index in [0.717, 1.165) is 28.3 Å². The van der Waals surface area contributed by atoms with Crippen molar-refractivity contribution in [3.05, 3.63) is 107 Å². The number of anilines is 1. The molecule has 0 radical (unpaired) electrons. The highest BCUT2D eigenvalue weighted by atomic mass is 32.1. The monoisotopic (exact) mass is 458 g/mol. The van der Waals surface area contributed by atoms with Crippen LogP contribution in [0, 0.1) is 0 Å². The first-order valence-electron chi connectivity index (χ1n) is 10.7. The second-order valence-electron chi connectivity index (χ2n) is 7.70. The van der Waals surface area contributed by atoms with Crippen LogP contribution in [0.3, 0.4) is 0 Å². The fraction of sp³-hybridized carbons (Fsp3) is 0.192. The zero-order valence-corrected chi connectivity index (χ0v) is 19.5. The van der Waals surface area contributed by atoms with Crippen LogP contribution in [0.4, 0.5) is 5.13 Å². The average Bonchev–Trinajstić information content (AvgIpc) is 3.32. The fourth-order valence-corrected chi connectivity index (χ4v) is 4.22. The minimum Gasteiger partial charge on any atom is -0.497 e. The number of benzene rings is 3. The van der Waals surface area contributed by atoms with Crippen LogP contribution < -0.4 is 15.0 Å². The summed E-state index contributed by atoms with van der Waals surface area (Å²) in [5, 5.41) is 3.88. The summed E-state index contributed by atoms with van der Waals surface area (Å²) in [6.45, 7) is 0.184. The first-order valence-corrected chi connectivity index (χ1v) is 11.5. The smallest absolute Gasteiger partial charge is 0.240 e. The van der Waals surface area contributed by atoms with E-state index in [1.165, 1.54) is 11.5 Å². The number of methoxy groups -OCH3 is 1. The first-order chi connectivity index (χ1) is 16.1. The van der Waals surface area contributed by atoms with Crippen LogP contribution in [0.15, 0.2) is 84.9 Å². The molecule has 4 rings (SSSR count). The second-order valence-corrected chi connectivity index (χ2v) is 8.43. The van der Waals surface area contributed by atoms with Crippen molar-refractivity contribution in [2.75, 3.05) is 25.6 Å². The van der Waals surface area contributed by atoms with E-state index in [0.29, 0.717) is 11.6 Å². The topological polar surface area (TPSA) is 67.3 Å². The van der Waals surface area contributed by atoms with Crippen molar-refractivity contribution in [3.8, 4) is 5.75 Å². The average molecular weight is 459 g/mol. The highest BCUT2D eigenvalue weighted by molar-refractivity contribution is 7.09. The van der Waals surface area contributed by atoms with Gasteiger partial charge in [-0.3, -0.25) is 4.79 Å². The van der Waals surface area contributed by atoms with E-state index in [9.17, 15) is 4.79 Å². The number of carbonyl (C=O) groups excluding carboxylic acids is 1. The molecule has 0 spiro atoms. The molecule has 0 unspecified atom stereocenters. The zero-order valence-electron chi connectivity index (χ0n) is 18.6. The molecule has 0 aliphatic heterocycles. The van der Waals surface area contributed by atoms with Crippen molar-refractivity contribution < 1.29 is 9.53 Å². The molecule has 0 atom stereocenters. The van der Waals surface area contributed by atoms with Crippen molar-refractivity contribution in [1.82, 2.24) is 14.7 Å². The van der Waals surface area contributed by atoms with Crippen molar-refractivity contribution in [2.24, 2.45) is 0 Å². The quantitative estimate of drug-likeness (QED) is 0.401. The Bertz CT molecular complexity index is 1140. The molecule has 0 aliphatic rings. The molecule has 4 aromatic rings. The number of nitrogens with zero attached hydrogens (tertiary/aromatic N) is 3. The van der Waals surface area contributed by atoms with Gasteiger partial charge in [0.05, 0.1) is 19.7 Å². The van der Waals surface area contributed by atoms with Crippen LogP contribution >= 0.6 is 11.5 Å². The van der Waals surface area contributed by atoms with Gasteiger partial charge in [0.15, 0.2) is 0 Å². The molecule has 168 valence electrons. The van der Waals surface area contributed by atoms with Gasteiger partial charge in [-0.15, -0.1) is 0 Å². The van der Waals surface area contributed by atoms with Crippen LogP contribution in [0.25, 0.3) is 0 Å². The molecular formula is C26H26N4O2S. The number of amides is 1. The number of nitrogens with one attached hydrogen (secondary N) is 1. The molecule has 0 fully saturated rings. The van der Waals surface area contributed by atoms with Crippen molar-refractivity contribution in [3.63, 3.8) is 0 Å². The van der Waals surface area contributed by atoms with E-state index in [1.807, 2.05) is 96.9 Å². The number of rotatable bonds is 9. The summed E-state index contributed by atoms with van der Waals surface area (Å²) < 4.78 is 9.75. The van der Waals surface area contributed by atoms with Gasteiger partial charge in [0, 0.05) is 25.0 Å². The molecule has 0 saturated carbocycles. The lowest BCUT2D eigenvalue weighted by atomic mass is 9.99.